The van der Waals surface area contributed by atoms with Gasteiger partial charge in [0.2, 0.25) is 5.69 Å². The number of benzene rings is 3. The molecule has 0 saturated heterocycles. The maximum atomic E-state index is 6.79. The van der Waals surface area contributed by atoms with Crippen LogP contribution in [-0.4, -0.2) is 0 Å². The monoisotopic (exact) mass is 519 g/mol. The smallest absolute Gasteiger partial charge is 0.381 e. The van der Waals surface area contributed by atoms with Gasteiger partial charge in [-0.15, -0.1) is 9.13 Å². The Kier molecular flexibility index (Phi) is 2.86. The van der Waals surface area contributed by atoms with Gasteiger partial charge in [0.15, 0.2) is 22.6 Å². The number of nitrogens with zero attached hydrogens (tertiary/aromatic N) is 3. The van der Waals surface area contributed by atoms with Crippen LogP contribution in [0.5, 0.6) is 23.1 Å². The van der Waals surface area contributed by atoms with Gasteiger partial charge in [0.05, 0.1) is 11.6 Å². The Hall–Kier alpha value is -4.64. The number of anilines is 3. The van der Waals surface area contributed by atoms with Crippen molar-refractivity contribution in [3.8, 4) is 34.5 Å². The van der Waals surface area contributed by atoms with Gasteiger partial charge >= 0.3 is 11.5 Å². The molecule has 6 aliphatic rings. The van der Waals surface area contributed by atoms with Gasteiger partial charge in [-0.1, -0.05) is 58.0 Å². The third-order valence-electron chi connectivity index (χ3n) is 10.6. The van der Waals surface area contributed by atoms with Crippen LogP contribution in [0.3, 0.4) is 0 Å². The minimum absolute atomic E-state index is 0.181. The highest BCUT2D eigenvalue weighted by Gasteiger charge is 2.75. The third-order valence-corrected chi connectivity index (χ3v) is 10.6. The normalized spacial score (nSPS) is 21.9. The van der Waals surface area contributed by atoms with Crippen molar-refractivity contribution in [1.82, 2.24) is 0 Å². The molecule has 0 N–H and O–H groups in total. The molecule has 5 heteroatoms. The van der Waals surface area contributed by atoms with Crippen LogP contribution in [0, 0.1) is 0 Å². The molecule has 2 aromatic heterocycles. The summed E-state index contributed by atoms with van der Waals surface area (Å²) < 4.78 is 18.5. The Bertz CT molecular complexity index is 2110. The number of aromatic nitrogens is 2. The molecule has 8 heterocycles. The van der Waals surface area contributed by atoms with Gasteiger partial charge in [-0.25, -0.2) is 0 Å². The average molecular weight is 520 g/mol. The molecule has 1 atom stereocenters. The Morgan fingerprint density at radius 3 is 2.00 bits per heavy atom. The lowest BCUT2D eigenvalue weighted by atomic mass is 9.64. The van der Waals surface area contributed by atoms with E-state index in [4.69, 9.17) is 9.47 Å². The second-order valence-electron chi connectivity index (χ2n) is 13.0. The van der Waals surface area contributed by atoms with E-state index in [2.05, 4.69) is 115 Å². The molecule has 6 aliphatic heterocycles. The summed E-state index contributed by atoms with van der Waals surface area (Å²) in [6.07, 6.45) is 0. The molecular formula is C35H25N3O2+2. The Morgan fingerprint density at radius 2 is 1.18 bits per heavy atom. The number of fused-ring (bicyclic) bond motifs is 1. The molecule has 1 unspecified atom stereocenters. The fraction of sp³-hybridized carbons (Fsp3) is 0.200. The van der Waals surface area contributed by atoms with Crippen LogP contribution in [-0.2, 0) is 16.5 Å². The van der Waals surface area contributed by atoms with Crippen molar-refractivity contribution in [3.05, 3.63) is 112 Å². The number of para-hydroxylation sites is 1. The lowest BCUT2D eigenvalue weighted by Gasteiger charge is -2.49. The quantitative estimate of drug-likeness (QED) is 0.206. The number of pyridine rings is 2. The minimum atomic E-state index is -0.651. The Balaban J connectivity index is 1.47. The van der Waals surface area contributed by atoms with Crippen LogP contribution < -0.4 is 23.5 Å². The third kappa shape index (κ3) is 1.70. The van der Waals surface area contributed by atoms with E-state index in [1.807, 2.05) is 6.07 Å². The summed E-state index contributed by atoms with van der Waals surface area (Å²) in [4.78, 5) is 2.58. The first-order valence-electron chi connectivity index (χ1n) is 14.1. The fourth-order valence-electron chi connectivity index (χ4n) is 8.95. The zero-order valence-electron chi connectivity index (χ0n) is 22.7. The molecule has 11 rings (SSSR count). The minimum Gasteiger partial charge on any atom is -0.455 e. The lowest BCUT2D eigenvalue weighted by molar-refractivity contribution is -0.937. The van der Waals surface area contributed by atoms with Crippen molar-refractivity contribution in [2.45, 2.75) is 44.2 Å². The van der Waals surface area contributed by atoms with E-state index in [0.29, 0.717) is 0 Å². The number of ether oxygens (including phenoxy) is 2. The van der Waals surface area contributed by atoms with Crippen molar-refractivity contribution in [3.63, 3.8) is 0 Å². The SMILES string of the molecule is CC1(C)c2cccc3c2N2c4c1ccc1c4C45c6c(cccc6Oc6cccc([n+]64)-c4ccc(c2[n+]45)C3(C)C)O1. The molecule has 0 amide bonds. The highest BCUT2D eigenvalue weighted by molar-refractivity contribution is 5.95. The van der Waals surface area contributed by atoms with Gasteiger partial charge in [-0.2, -0.15) is 4.90 Å². The molecule has 0 saturated carbocycles. The highest BCUT2D eigenvalue weighted by atomic mass is 16.5. The summed E-state index contributed by atoms with van der Waals surface area (Å²) >= 11 is 0. The van der Waals surface area contributed by atoms with E-state index in [9.17, 15) is 0 Å². The Morgan fingerprint density at radius 1 is 0.550 bits per heavy atom. The first-order chi connectivity index (χ1) is 19.4. The zero-order chi connectivity index (χ0) is 26.5. The van der Waals surface area contributed by atoms with Crippen LogP contribution >= 0.6 is 0 Å². The molecule has 0 radical (unpaired) electrons. The predicted molar refractivity (Wildman–Crippen MR) is 149 cm³/mol. The molecule has 0 aliphatic carbocycles. The Labute approximate surface area is 231 Å². The zero-order valence-corrected chi connectivity index (χ0v) is 22.7. The van der Waals surface area contributed by atoms with Gasteiger partial charge < -0.3 is 9.47 Å². The van der Waals surface area contributed by atoms with Crippen molar-refractivity contribution >= 4 is 17.2 Å². The van der Waals surface area contributed by atoms with Crippen LogP contribution in [0.15, 0.2) is 78.9 Å². The summed E-state index contributed by atoms with van der Waals surface area (Å²) in [5.74, 6) is 4.73. The number of rotatable bonds is 0. The largest absolute Gasteiger partial charge is 0.455 e. The van der Waals surface area contributed by atoms with Crippen LogP contribution in [0.2, 0.25) is 0 Å². The summed E-state index contributed by atoms with van der Waals surface area (Å²) in [6, 6.07) is 28.8. The van der Waals surface area contributed by atoms with E-state index in [1.165, 1.54) is 50.7 Å². The second-order valence-corrected chi connectivity index (χ2v) is 13.0. The molecule has 190 valence electrons. The van der Waals surface area contributed by atoms with E-state index < -0.39 is 5.66 Å². The van der Waals surface area contributed by atoms with Crippen molar-refractivity contribution in [1.29, 1.82) is 0 Å². The van der Waals surface area contributed by atoms with Crippen LogP contribution in [0.1, 0.15) is 61.1 Å². The average Bonchev–Trinajstić information content (AvgIpc) is 3.25. The second kappa shape index (κ2) is 5.64. The number of hydrogen-bond donors (Lipinski definition) is 0. The molecular weight excluding hydrogens is 494 g/mol. The highest BCUT2D eigenvalue weighted by Crippen LogP contribution is 2.67. The molecule has 1 spiro atoms. The van der Waals surface area contributed by atoms with Gasteiger partial charge in [-0.3, -0.25) is 0 Å². The maximum Gasteiger partial charge on any atom is 0.381 e. The standard InChI is InChI=1S/C35H25N3O2/c1-33(2)18-8-5-9-19-30(18)36-31-20(33)15-17-26-29(31)35-28-24(39-26)11-7-12-25(28)40-27-13-6-10-22(37(27)35)23-16-14-21(34(19,3)4)32(36)38(23)35/h5-17H,1-4H3/q+2. The van der Waals surface area contributed by atoms with Crippen molar-refractivity contribution in [2.24, 2.45) is 0 Å². The molecule has 5 nitrogen and oxygen atoms in total. The van der Waals surface area contributed by atoms with Crippen molar-refractivity contribution in [2.75, 3.05) is 4.90 Å². The van der Waals surface area contributed by atoms with Crippen LogP contribution in [0.25, 0.3) is 11.4 Å². The maximum absolute atomic E-state index is 6.79. The predicted octanol–water partition coefficient (Wildman–Crippen LogP) is 6.81. The first-order valence-corrected chi connectivity index (χ1v) is 14.1. The summed E-state index contributed by atoms with van der Waals surface area (Å²) in [5, 5.41) is 0. The molecule has 40 heavy (non-hydrogen) atoms. The first kappa shape index (κ1) is 20.3. The summed E-state index contributed by atoms with van der Waals surface area (Å²) in [6.45, 7) is 9.54. The molecule has 5 aromatic rings. The molecule has 3 aromatic carbocycles. The summed E-state index contributed by atoms with van der Waals surface area (Å²) in [5.41, 5.74) is 11.6. The number of hydrogen-bond acceptors (Lipinski definition) is 3. The van der Waals surface area contributed by atoms with Gasteiger partial charge in [-0.05, 0) is 36.4 Å². The van der Waals surface area contributed by atoms with Gasteiger partial charge in [0.25, 0.3) is 11.5 Å². The molecule has 0 fully saturated rings. The van der Waals surface area contributed by atoms with Crippen molar-refractivity contribution < 1.29 is 18.6 Å². The van der Waals surface area contributed by atoms with E-state index >= 15 is 0 Å². The van der Waals surface area contributed by atoms with E-state index in [-0.39, 0.29) is 10.8 Å². The van der Waals surface area contributed by atoms with E-state index in [1.54, 1.807) is 0 Å². The summed E-state index contributed by atoms with van der Waals surface area (Å²) in [7, 11) is 0. The topological polar surface area (TPSA) is 29.5 Å². The molecule has 0 bridgehead atoms. The lowest BCUT2D eigenvalue weighted by Crippen LogP contribution is -2.76. The fourth-order valence-corrected chi connectivity index (χ4v) is 8.95. The van der Waals surface area contributed by atoms with E-state index in [0.717, 1.165) is 34.4 Å². The van der Waals surface area contributed by atoms with Gasteiger partial charge in [0, 0.05) is 33.6 Å². The van der Waals surface area contributed by atoms with Crippen LogP contribution in [0.4, 0.5) is 17.2 Å². The van der Waals surface area contributed by atoms with Gasteiger partial charge in [0.1, 0.15) is 17.2 Å².